The van der Waals surface area contributed by atoms with Gasteiger partial charge in [0.2, 0.25) is 0 Å². The molecular formula is C27H23ClN2O4S. The molecule has 3 aromatic carbocycles. The van der Waals surface area contributed by atoms with Gasteiger partial charge in [-0.05, 0) is 67.4 Å². The standard InChI is InChI=1S/C27H23ClN2O4S/c1-3-16-34-27(33)18-12-14-19(15-13-18)30-25(31)23(29-22-11-7-10-21(28)17(22)2)24(26(30)32)35-20-8-5-4-6-9-20/h4-15,29H,3,16H2,1-2H3. The van der Waals surface area contributed by atoms with Gasteiger partial charge in [0.1, 0.15) is 10.6 Å². The van der Waals surface area contributed by atoms with Crippen molar-refractivity contribution < 1.29 is 19.1 Å². The van der Waals surface area contributed by atoms with Crippen LogP contribution in [0.15, 0.2) is 88.3 Å². The monoisotopic (exact) mass is 506 g/mol. The molecule has 0 atom stereocenters. The van der Waals surface area contributed by atoms with Gasteiger partial charge >= 0.3 is 5.97 Å². The molecule has 1 aliphatic rings. The van der Waals surface area contributed by atoms with E-state index in [1.54, 1.807) is 42.5 Å². The Hall–Kier alpha value is -3.55. The van der Waals surface area contributed by atoms with Gasteiger partial charge < -0.3 is 10.1 Å². The van der Waals surface area contributed by atoms with Crippen LogP contribution in [0.4, 0.5) is 11.4 Å². The molecule has 2 amide bonds. The minimum Gasteiger partial charge on any atom is -0.462 e. The molecule has 0 radical (unpaired) electrons. The van der Waals surface area contributed by atoms with Crippen LogP contribution in [0.1, 0.15) is 29.3 Å². The zero-order valence-electron chi connectivity index (χ0n) is 19.2. The van der Waals surface area contributed by atoms with Gasteiger partial charge in [-0.1, -0.05) is 54.6 Å². The van der Waals surface area contributed by atoms with E-state index in [4.69, 9.17) is 16.3 Å². The fourth-order valence-electron chi connectivity index (χ4n) is 3.46. The summed E-state index contributed by atoms with van der Waals surface area (Å²) in [6.45, 7) is 4.08. The topological polar surface area (TPSA) is 75.7 Å². The number of hydrogen-bond donors (Lipinski definition) is 1. The molecule has 1 heterocycles. The third-order valence-electron chi connectivity index (χ3n) is 5.33. The Balaban J connectivity index is 1.68. The number of ether oxygens (including phenoxy) is 1. The Labute approximate surface area is 212 Å². The number of esters is 1. The lowest BCUT2D eigenvalue weighted by molar-refractivity contribution is -0.120. The average molecular weight is 507 g/mol. The van der Waals surface area contributed by atoms with Crippen molar-refractivity contribution >= 4 is 52.5 Å². The molecule has 6 nitrogen and oxygen atoms in total. The Bertz CT molecular complexity index is 1310. The maximum absolute atomic E-state index is 13.5. The molecule has 178 valence electrons. The van der Waals surface area contributed by atoms with Gasteiger partial charge in [-0.2, -0.15) is 0 Å². The van der Waals surface area contributed by atoms with E-state index < -0.39 is 17.8 Å². The number of amides is 2. The van der Waals surface area contributed by atoms with E-state index in [0.29, 0.717) is 28.6 Å². The number of thioether (sulfide) groups is 1. The number of nitrogens with zero attached hydrogens (tertiary/aromatic N) is 1. The fraction of sp³-hybridized carbons (Fsp3) is 0.148. The lowest BCUT2D eigenvalue weighted by Crippen LogP contribution is -2.32. The Morgan fingerprint density at radius 2 is 1.69 bits per heavy atom. The first kappa shape index (κ1) is 24.6. The van der Waals surface area contributed by atoms with Gasteiger partial charge in [-0.3, -0.25) is 9.59 Å². The van der Waals surface area contributed by atoms with Crippen molar-refractivity contribution in [3.05, 3.63) is 99.5 Å². The number of rotatable bonds is 8. The van der Waals surface area contributed by atoms with Crippen LogP contribution in [0.25, 0.3) is 0 Å². The minimum absolute atomic E-state index is 0.167. The van der Waals surface area contributed by atoms with Crippen LogP contribution in [-0.2, 0) is 14.3 Å². The second kappa shape index (κ2) is 10.8. The van der Waals surface area contributed by atoms with Gasteiger partial charge in [0, 0.05) is 15.6 Å². The first-order chi connectivity index (χ1) is 16.9. The van der Waals surface area contributed by atoms with E-state index in [1.807, 2.05) is 44.2 Å². The molecule has 8 heteroatoms. The summed E-state index contributed by atoms with van der Waals surface area (Å²) in [5, 5.41) is 3.69. The summed E-state index contributed by atoms with van der Waals surface area (Å²) in [7, 11) is 0. The summed E-state index contributed by atoms with van der Waals surface area (Å²) in [6, 6.07) is 20.9. The molecule has 0 aromatic heterocycles. The van der Waals surface area contributed by atoms with E-state index in [9.17, 15) is 14.4 Å². The predicted octanol–water partition coefficient (Wildman–Crippen LogP) is 6.20. The molecule has 3 aromatic rings. The number of halogens is 1. The predicted molar refractivity (Wildman–Crippen MR) is 139 cm³/mol. The van der Waals surface area contributed by atoms with E-state index in [-0.39, 0.29) is 10.6 Å². The number of carbonyl (C=O) groups is 3. The van der Waals surface area contributed by atoms with Crippen molar-refractivity contribution in [2.75, 3.05) is 16.8 Å². The third kappa shape index (κ3) is 5.26. The highest BCUT2D eigenvalue weighted by Gasteiger charge is 2.40. The maximum Gasteiger partial charge on any atom is 0.338 e. The van der Waals surface area contributed by atoms with Crippen molar-refractivity contribution in [3.8, 4) is 0 Å². The molecular weight excluding hydrogens is 484 g/mol. The molecule has 0 unspecified atom stereocenters. The van der Waals surface area contributed by atoms with Crippen LogP contribution >= 0.6 is 23.4 Å². The quantitative estimate of drug-likeness (QED) is 0.289. The smallest absolute Gasteiger partial charge is 0.338 e. The molecule has 0 fully saturated rings. The van der Waals surface area contributed by atoms with Crippen LogP contribution in [0, 0.1) is 6.92 Å². The molecule has 4 rings (SSSR count). The Morgan fingerprint density at radius 1 is 0.971 bits per heavy atom. The van der Waals surface area contributed by atoms with Crippen molar-refractivity contribution in [2.24, 2.45) is 0 Å². The van der Waals surface area contributed by atoms with Crippen molar-refractivity contribution in [3.63, 3.8) is 0 Å². The number of hydrogen-bond acceptors (Lipinski definition) is 6. The Kier molecular flexibility index (Phi) is 7.58. The molecule has 0 aliphatic carbocycles. The summed E-state index contributed by atoms with van der Waals surface area (Å²) in [6.07, 6.45) is 0.718. The van der Waals surface area contributed by atoms with E-state index in [0.717, 1.165) is 21.8 Å². The minimum atomic E-state index is -0.492. The summed E-state index contributed by atoms with van der Waals surface area (Å²) in [4.78, 5) is 41.4. The van der Waals surface area contributed by atoms with Crippen LogP contribution in [0.3, 0.4) is 0 Å². The highest BCUT2D eigenvalue weighted by atomic mass is 35.5. The molecule has 0 saturated heterocycles. The van der Waals surface area contributed by atoms with E-state index in [2.05, 4.69) is 5.32 Å². The lowest BCUT2D eigenvalue weighted by Gasteiger charge is -2.16. The normalized spacial score (nSPS) is 13.4. The number of nitrogens with one attached hydrogen (secondary N) is 1. The average Bonchev–Trinajstić information content (AvgIpc) is 3.10. The van der Waals surface area contributed by atoms with E-state index in [1.165, 1.54) is 11.8 Å². The second-order valence-electron chi connectivity index (χ2n) is 7.79. The summed E-state index contributed by atoms with van der Waals surface area (Å²) < 4.78 is 5.15. The summed E-state index contributed by atoms with van der Waals surface area (Å²) in [5.41, 5.74) is 2.27. The zero-order valence-corrected chi connectivity index (χ0v) is 20.8. The molecule has 35 heavy (non-hydrogen) atoms. The fourth-order valence-corrected chi connectivity index (χ4v) is 4.58. The van der Waals surface area contributed by atoms with Crippen molar-refractivity contribution in [2.45, 2.75) is 25.2 Å². The van der Waals surface area contributed by atoms with Gasteiger partial charge in [-0.25, -0.2) is 9.69 Å². The first-order valence-electron chi connectivity index (χ1n) is 11.1. The van der Waals surface area contributed by atoms with Gasteiger partial charge in [0.25, 0.3) is 11.8 Å². The molecule has 0 saturated carbocycles. The summed E-state index contributed by atoms with van der Waals surface area (Å²) in [5.74, 6) is -1.39. The molecule has 0 spiro atoms. The number of imide groups is 1. The van der Waals surface area contributed by atoms with E-state index >= 15 is 0 Å². The SMILES string of the molecule is CCCOC(=O)c1ccc(N2C(=O)C(Nc3cccc(Cl)c3C)=C(Sc3ccccc3)C2=O)cc1. The van der Waals surface area contributed by atoms with Crippen molar-refractivity contribution in [1.82, 2.24) is 0 Å². The molecule has 0 bridgehead atoms. The second-order valence-corrected chi connectivity index (χ2v) is 9.28. The van der Waals surface area contributed by atoms with Gasteiger partial charge in [0.15, 0.2) is 0 Å². The molecule has 1 N–H and O–H groups in total. The van der Waals surface area contributed by atoms with Crippen LogP contribution < -0.4 is 10.2 Å². The number of anilines is 2. The van der Waals surface area contributed by atoms with Gasteiger partial charge in [0.05, 0.1) is 17.9 Å². The Morgan fingerprint density at radius 3 is 2.37 bits per heavy atom. The van der Waals surface area contributed by atoms with Crippen LogP contribution in [0.5, 0.6) is 0 Å². The maximum atomic E-state index is 13.5. The van der Waals surface area contributed by atoms with Crippen molar-refractivity contribution in [1.29, 1.82) is 0 Å². The largest absolute Gasteiger partial charge is 0.462 e. The van der Waals surface area contributed by atoms with Crippen LogP contribution in [-0.4, -0.2) is 24.4 Å². The zero-order chi connectivity index (χ0) is 24.9. The summed E-state index contributed by atoms with van der Waals surface area (Å²) >= 11 is 7.48. The first-order valence-corrected chi connectivity index (χ1v) is 12.3. The molecule has 1 aliphatic heterocycles. The third-order valence-corrected chi connectivity index (χ3v) is 6.83. The lowest BCUT2D eigenvalue weighted by atomic mass is 10.2. The highest BCUT2D eigenvalue weighted by Crippen LogP contribution is 2.38. The van der Waals surface area contributed by atoms with Gasteiger partial charge in [-0.15, -0.1) is 0 Å². The van der Waals surface area contributed by atoms with Crippen LogP contribution in [0.2, 0.25) is 5.02 Å². The number of benzene rings is 3. The highest BCUT2D eigenvalue weighted by molar-refractivity contribution is 8.04. The number of carbonyl (C=O) groups excluding carboxylic acids is 3.